The second kappa shape index (κ2) is 8.27. The first-order chi connectivity index (χ1) is 17.2. The minimum atomic E-state index is -5.70. The minimum Gasteiger partial charge on any atom is -0.380 e. The second-order valence-electron chi connectivity index (χ2n) is 14.9. The van der Waals surface area contributed by atoms with E-state index in [0.717, 1.165) is 51.4 Å². The van der Waals surface area contributed by atoms with Gasteiger partial charge in [0.05, 0.1) is 0 Å². The second-order valence-corrected chi connectivity index (χ2v) is 16.4. The van der Waals surface area contributed by atoms with Gasteiger partial charge in [0, 0.05) is 11.0 Å². The zero-order valence-electron chi connectivity index (χ0n) is 23.9. The summed E-state index contributed by atoms with van der Waals surface area (Å²) in [4.78, 5) is 0. The molecule has 38 heavy (non-hydrogen) atoms. The standard InChI is InChI=1S/C30H46F3NO3S/c1-18(2)19-10-15-29(34)17-16-27(6)20(24(19)29)8-9-22-26(5)13-12-23(37-38(35,36)30(31,32)33)25(3,4)21(26)11-14-28(22,27)7/h12,19-22,24H,1,8-11,13-17,34H2,2-7H3/t19-,20?,21?,22?,24?,26?,27?,28?,29?/m0/s1. The van der Waals surface area contributed by atoms with Gasteiger partial charge in [0.15, 0.2) is 0 Å². The van der Waals surface area contributed by atoms with Gasteiger partial charge in [0.25, 0.3) is 0 Å². The van der Waals surface area contributed by atoms with E-state index in [2.05, 4.69) is 34.3 Å². The van der Waals surface area contributed by atoms with Crippen molar-refractivity contribution in [1.82, 2.24) is 0 Å². The van der Waals surface area contributed by atoms with E-state index in [0.29, 0.717) is 30.1 Å². The lowest BCUT2D eigenvalue weighted by atomic mass is 9.33. The number of allylic oxidation sites excluding steroid dienone is 3. The molecule has 5 aliphatic rings. The Morgan fingerprint density at radius 3 is 2.24 bits per heavy atom. The predicted molar refractivity (Wildman–Crippen MR) is 143 cm³/mol. The number of hydrogen-bond acceptors (Lipinski definition) is 4. The van der Waals surface area contributed by atoms with Crippen molar-refractivity contribution < 1.29 is 25.8 Å². The Bertz CT molecular complexity index is 1160. The van der Waals surface area contributed by atoms with Crippen LogP contribution in [-0.4, -0.2) is 19.5 Å². The molecule has 216 valence electrons. The monoisotopic (exact) mass is 557 g/mol. The fourth-order valence-corrected chi connectivity index (χ4v) is 11.7. The quantitative estimate of drug-likeness (QED) is 0.219. The Hall–Kier alpha value is -1.02. The molecular formula is C30H46F3NO3S. The van der Waals surface area contributed by atoms with Gasteiger partial charge in [-0.1, -0.05) is 46.8 Å². The van der Waals surface area contributed by atoms with Crippen LogP contribution >= 0.6 is 0 Å². The van der Waals surface area contributed by atoms with Crippen LogP contribution in [0.4, 0.5) is 13.2 Å². The topological polar surface area (TPSA) is 69.4 Å². The third-order valence-corrected chi connectivity index (χ3v) is 14.1. The van der Waals surface area contributed by atoms with Crippen LogP contribution in [-0.2, 0) is 14.3 Å². The molecule has 9 atom stereocenters. The summed E-state index contributed by atoms with van der Waals surface area (Å²) in [6, 6.07) is 0. The molecule has 0 aromatic rings. The molecule has 0 heterocycles. The smallest absolute Gasteiger partial charge is 0.380 e. The van der Waals surface area contributed by atoms with Crippen LogP contribution < -0.4 is 5.73 Å². The third-order valence-electron chi connectivity index (χ3n) is 13.1. The molecule has 5 aliphatic carbocycles. The summed E-state index contributed by atoms with van der Waals surface area (Å²) in [6.45, 7) is 17.5. The molecule has 0 radical (unpaired) electrons. The molecule has 0 aromatic heterocycles. The number of alkyl halides is 3. The molecule has 0 amide bonds. The average molecular weight is 558 g/mol. The first-order valence-corrected chi connectivity index (χ1v) is 15.8. The van der Waals surface area contributed by atoms with Crippen molar-refractivity contribution in [2.75, 3.05) is 0 Å². The number of fused-ring (bicyclic) bond motifs is 7. The molecular weight excluding hydrogens is 511 g/mol. The summed E-state index contributed by atoms with van der Waals surface area (Å²) >= 11 is 0. The highest BCUT2D eigenvalue weighted by molar-refractivity contribution is 7.87. The number of nitrogens with two attached hydrogens (primary N) is 1. The number of hydrogen-bond donors (Lipinski definition) is 1. The average Bonchev–Trinajstić information content (AvgIpc) is 3.13. The summed E-state index contributed by atoms with van der Waals surface area (Å²) in [5.74, 6) is 1.84. The third kappa shape index (κ3) is 3.60. The van der Waals surface area contributed by atoms with E-state index >= 15 is 0 Å². The van der Waals surface area contributed by atoms with Crippen LogP contribution in [0.1, 0.15) is 99.3 Å². The van der Waals surface area contributed by atoms with Crippen LogP contribution in [0.25, 0.3) is 0 Å². The molecule has 4 nitrogen and oxygen atoms in total. The number of halogens is 3. The lowest BCUT2D eigenvalue weighted by Crippen LogP contribution is -2.67. The highest BCUT2D eigenvalue weighted by atomic mass is 32.2. The Morgan fingerprint density at radius 2 is 1.63 bits per heavy atom. The van der Waals surface area contributed by atoms with E-state index in [9.17, 15) is 21.6 Å². The maximum Gasteiger partial charge on any atom is 0.534 e. The first kappa shape index (κ1) is 28.5. The summed E-state index contributed by atoms with van der Waals surface area (Å²) in [6.07, 6.45) is 10.5. The van der Waals surface area contributed by atoms with Crippen molar-refractivity contribution in [2.24, 2.45) is 57.0 Å². The molecule has 8 heteroatoms. The Labute approximate surface area is 227 Å². The fraction of sp³-hybridized carbons (Fsp3) is 0.867. The van der Waals surface area contributed by atoms with E-state index in [1.54, 1.807) is 6.08 Å². The highest BCUT2D eigenvalue weighted by Crippen LogP contribution is 2.76. The van der Waals surface area contributed by atoms with E-state index in [1.807, 2.05) is 13.8 Å². The molecule has 0 aliphatic heterocycles. The fourth-order valence-electron chi connectivity index (χ4n) is 11.1. The predicted octanol–water partition coefficient (Wildman–Crippen LogP) is 7.72. The van der Waals surface area contributed by atoms with Crippen molar-refractivity contribution in [3.05, 3.63) is 24.0 Å². The van der Waals surface area contributed by atoms with Crippen molar-refractivity contribution in [2.45, 2.75) is 110 Å². The van der Waals surface area contributed by atoms with Crippen LogP contribution in [0.2, 0.25) is 0 Å². The molecule has 0 spiro atoms. The van der Waals surface area contributed by atoms with E-state index in [4.69, 9.17) is 9.92 Å². The van der Waals surface area contributed by atoms with Gasteiger partial charge < -0.3 is 9.92 Å². The minimum absolute atomic E-state index is 0.0310. The van der Waals surface area contributed by atoms with Gasteiger partial charge in [-0.2, -0.15) is 21.6 Å². The molecule has 0 saturated heterocycles. The van der Waals surface area contributed by atoms with Crippen molar-refractivity contribution >= 4 is 10.1 Å². The summed E-state index contributed by atoms with van der Waals surface area (Å²) < 4.78 is 68.1. The van der Waals surface area contributed by atoms with Gasteiger partial charge in [0.1, 0.15) is 5.76 Å². The summed E-state index contributed by atoms with van der Waals surface area (Å²) in [5, 5.41) is 0. The number of rotatable bonds is 3. The molecule has 4 saturated carbocycles. The lowest BCUT2D eigenvalue weighted by molar-refractivity contribution is -0.221. The molecule has 0 bridgehead atoms. The van der Waals surface area contributed by atoms with Gasteiger partial charge in [-0.05, 0) is 117 Å². The molecule has 2 N–H and O–H groups in total. The largest absolute Gasteiger partial charge is 0.534 e. The van der Waals surface area contributed by atoms with E-state index in [-0.39, 0.29) is 33.5 Å². The Morgan fingerprint density at radius 1 is 0.974 bits per heavy atom. The SMILES string of the molecule is C=C(C)[C@@H]1CCC2(N)CCC3(C)C(CCC4C5(C)CC=C(OS(=O)(=O)C(F)(F)F)C(C)(C)C5CCC43C)C12. The van der Waals surface area contributed by atoms with Gasteiger partial charge in [-0.25, -0.2) is 0 Å². The Balaban J connectivity index is 1.51. The van der Waals surface area contributed by atoms with Crippen molar-refractivity contribution in [1.29, 1.82) is 0 Å². The van der Waals surface area contributed by atoms with Gasteiger partial charge in [0.2, 0.25) is 0 Å². The zero-order chi connectivity index (χ0) is 28.3. The van der Waals surface area contributed by atoms with Crippen LogP contribution in [0.3, 0.4) is 0 Å². The van der Waals surface area contributed by atoms with Gasteiger partial charge in [-0.15, -0.1) is 0 Å². The maximum absolute atomic E-state index is 13.2. The molecule has 4 fully saturated rings. The molecule has 8 unspecified atom stereocenters. The summed E-state index contributed by atoms with van der Waals surface area (Å²) in [7, 11) is -5.70. The zero-order valence-corrected chi connectivity index (χ0v) is 24.7. The molecule has 0 aromatic carbocycles. The summed E-state index contributed by atoms with van der Waals surface area (Å²) in [5.41, 5.74) is 2.08. The Kier molecular flexibility index (Phi) is 6.20. The normalized spacial score (nSPS) is 48.2. The van der Waals surface area contributed by atoms with Crippen molar-refractivity contribution in [3.8, 4) is 0 Å². The first-order valence-electron chi connectivity index (χ1n) is 14.4. The van der Waals surface area contributed by atoms with E-state index < -0.39 is 21.0 Å². The maximum atomic E-state index is 13.2. The van der Waals surface area contributed by atoms with Crippen LogP contribution in [0, 0.1) is 51.2 Å². The lowest BCUT2D eigenvalue weighted by Gasteiger charge is -2.72. The van der Waals surface area contributed by atoms with Crippen molar-refractivity contribution in [3.63, 3.8) is 0 Å². The van der Waals surface area contributed by atoms with Crippen LogP contribution in [0.15, 0.2) is 24.0 Å². The highest BCUT2D eigenvalue weighted by Gasteiger charge is 2.70. The van der Waals surface area contributed by atoms with E-state index in [1.165, 1.54) is 5.57 Å². The van der Waals surface area contributed by atoms with Gasteiger partial charge >= 0.3 is 15.6 Å². The van der Waals surface area contributed by atoms with Crippen LogP contribution in [0.5, 0.6) is 0 Å². The van der Waals surface area contributed by atoms with Gasteiger partial charge in [-0.3, -0.25) is 0 Å². The molecule has 5 rings (SSSR count).